The van der Waals surface area contributed by atoms with Crippen LogP contribution < -0.4 is 10.6 Å². The minimum absolute atomic E-state index is 0.0248. The molecule has 0 saturated heterocycles. The lowest BCUT2D eigenvalue weighted by molar-refractivity contribution is -0.128. The van der Waals surface area contributed by atoms with Crippen LogP contribution in [-0.2, 0) is 9.59 Å². The van der Waals surface area contributed by atoms with Crippen molar-refractivity contribution in [2.75, 3.05) is 6.54 Å². The Morgan fingerprint density at radius 3 is 2.19 bits per heavy atom. The highest BCUT2D eigenvalue weighted by molar-refractivity contribution is 5.81. The smallest absolute Gasteiger partial charge is 0.225 e. The van der Waals surface area contributed by atoms with E-state index in [1.807, 2.05) is 34.6 Å². The van der Waals surface area contributed by atoms with Crippen LogP contribution in [0.15, 0.2) is 0 Å². The van der Waals surface area contributed by atoms with Gasteiger partial charge in [0.2, 0.25) is 11.8 Å². The third-order valence-electron chi connectivity index (χ3n) is 2.00. The van der Waals surface area contributed by atoms with E-state index >= 15 is 0 Å². The van der Waals surface area contributed by atoms with Gasteiger partial charge in [-0.25, -0.2) is 0 Å². The second-order valence-corrected chi connectivity index (χ2v) is 5.33. The van der Waals surface area contributed by atoms with Crippen LogP contribution in [0.1, 0.15) is 47.5 Å². The van der Waals surface area contributed by atoms with Crippen molar-refractivity contribution < 1.29 is 9.59 Å². The molecule has 0 atom stereocenters. The molecule has 0 spiro atoms. The topological polar surface area (TPSA) is 58.2 Å². The summed E-state index contributed by atoms with van der Waals surface area (Å²) in [5, 5.41) is 5.62. The fourth-order valence-corrected chi connectivity index (χ4v) is 1.11. The van der Waals surface area contributed by atoms with Crippen LogP contribution >= 0.6 is 0 Å². The van der Waals surface area contributed by atoms with Crippen molar-refractivity contribution in [3.8, 4) is 0 Å². The molecule has 0 aromatic carbocycles. The Bertz CT molecular complexity index is 242. The van der Waals surface area contributed by atoms with Crippen LogP contribution in [-0.4, -0.2) is 24.4 Å². The monoisotopic (exact) mass is 228 g/mol. The quantitative estimate of drug-likeness (QED) is 0.700. The molecule has 94 valence electrons. The number of amides is 2. The molecule has 2 N–H and O–H groups in total. The van der Waals surface area contributed by atoms with Gasteiger partial charge in [0, 0.05) is 24.4 Å². The van der Waals surface area contributed by atoms with Crippen molar-refractivity contribution in [2.45, 2.75) is 53.5 Å². The van der Waals surface area contributed by atoms with E-state index in [4.69, 9.17) is 0 Å². The molecule has 0 radical (unpaired) electrons. The van der Waals surface area contributed by atoms with Gasteiger partial charge in [-0.3, -0.25) is 9.59 Å². The molecular weight excluding hydrogens is 204 g/mol. The molecule has 0 heterocycles. The second kappa shape index (κ2) is 6.51. The standard InChI is InChI=1S/C12H24N2O2/c1-9(2)14-10(15)7-6-8-13-11(16)12(3,4)5/h9H,6-8H2,1-5H3,(H,13,16)(H,14,15). The van der Waals surface area contributed by atoms with E-state index in [-0.39, 0.29) is 23.3 Å². The van der Waals surface area contributed by atoms with Crippen LogP contribution in [0.25, 0.3) is 0 Å². The molecule has 0 aromatic heterocycles. The zero-order valence-corrected chi connectivity index (χ0v) is 11.0. The van der Waals surface area contributed by atoms with Crippen molar-refractivity contribution in [1.29, 1.82) is 0 Å². The zero-order chi connectivity index (χ0) is 12.8. The highest BCUT2D eigenvalue weighted by Gasteiger charge is 2.20. The van der Waals surface area contributed by atoms with Gasteiger partial charge in [0.15, 0.2) is 0 Å². The lowest BCUT2D eigenvalue weighted by Gasteiger charge is -2.17. The molecule has 0 aliphatic carbocycles. The van der Waals surface area contributed by atoms with Crippen molar-refractivity contribution in [3.63, 3.8) is 0 Å². The van der Waals surface area contributed by atoms with Gasteiger partial charge < -0.3 is 10.6 Å². The van der Waals surface area contributed by atoms with E-state index < -0.39 is 0 Å². The van der Waals surface area contributed by atoms with E-state index in [0.29, 0.717) is 19.4 Å². The molecule has 0 aliphatic rings. The van der Waals surface area contributed by atoms with E-state index in [2.05, 4.69) is 10.6 Å². The van der Waals surface area contributed by atoms with Crippen LogP contribution in [0.4, 0.5) is 0 Å². The maximum absolute atomic E-state index is 11.5. The Morgan fingerprint density at radius 2 is 1.75 bits per heavy atom. The van der Waals surface area contributed by atoms with Crippen molar-refractivity contribution >= 4 is 11.8 Å². The molecule has 4 heteroatoms. The number of nitrogens with one attached hydrogen (secondary N) is 2. The number of carbonyl (C=O) groups is 2. The maximum atomic E-state index is 11.5. The van der Waals surface area contributed by atoms with Gasteiger partial charge in [0.25, 0.3) is 0 Å². The minimum atomic E-state index is -0.361. The fraction of sp³-hybridized carbons (Fsp3) is 0.833. The number of hydrogen-bond acceptors (Lipinski definition) is 2. The van der Waals surface area contributed by atoms with Gasteiger partial charge in [-0.1, -0.05) is 20.8 Å². The van der Waals surface area contributed by atoms with Crippen molar-refractivity contribution in [3.05, 3.63) is 0 Å². The van der Waals surface area contributed by atoms with E-state index in [1.165, 1.54) is 0 Å². The molecule has 2 amide bonds. The van der Waals surface area contributed by atoms with Crippen LogP contribution in [0.2, 0.25) is 0 Å². The molecule has 0 aliphatic heterocycles. The predicted molar refractivity (Wildman–Crippen MR) is 65.0 cm³/mol. The lowest BCUT2D eigenvalue weighted by atomic mass is 9.96. The zero-order valence-electron chi connectivity index (χ0n) is 11.0. The third kappa shape index (κ3) is 7.26. The molecule has 0 aromatic rings. The summed E-state index contributed by atoms with van der Waals surface area (Å²) >= 11 is 0. The molecule has 0 fully saturated rings. The summed E-state index contributed by atoms with van der Waals surface area (Å²) in [7, 11) is 0. The molecule has 0 rings (SSSR count). The molecule has 0 saturated carbocycles. The fourth-order valence-electron chi connectivity index (χ4n) is 1.11. The average molecular weight is 228 g/mol. The van der Waals surface area contributed by atoms with Gasteiger partial charge in [0.05, 0.1) is 0 Å². The summed E-state index contributed by atoms with van der Waals surface area (Å²) in [5.41, 5.74) is -0.361. The van der Waals surface area contributed by atoms with Crippen molar-refractivity contribution in [1.82, 2.24) is 10.6 Å². The maximum Gasteiger partial charge on any atom is 0.225 e. The highest BCUT2D eigenvalue weighted by Crippen LogP contribution is 2.12. The summed E-state index contributed by atoms with van der Waals surface area (Å²) in [6.07, 6.45) is 1.14. The number of carbonyl (C=O) groups excluding carboxylic acids is 2. The Hall–Kier alpha value is -1.06. The molecule has 16 heavy (non-hydrogen) atoms. The van der Waals surface area contributed by atoms with Gasteiger partial charge in [-0.15, -0.1) is 0 Å². The minimum Gasteiger partial charge on any atom is -0.356 e. The molecule has 4 nitrogen and oxygen atoms in total. The summed E-state index contributed by atoms with van der Waals surface area (Å²) < 4.78 is 0. The van der Waals surface area contributed by atoms with Crippen LogP contribution in [0.5, 0.6) is 0 Å². The van der Waals surface area contributed by atoms with E-state index in [9.17, 15) is 9.59 Å². The second-order valence-electron chi connectivity index (χ2n) is 5.33. The average Bonchev–Trinajstić information content (AvgIpc) is 2.09. The first kappa shape index (κ1) is 14.9. The lowest BCUT2D eigenvalue weighted by Crippen LogP contribution is -2.36. The number of rotatable bonds is 5. The van der Waals surface area contributed by atoms with Crippen molar-refractivity contribution in [2.24, 2.45) is 5.41 Å². The largest absolute Gasteiger partial charge is 0.356 e. The summed E-state index contributed by atoms with van der Waals surface area (Å²) in [5.74, 6) is 0.0665. The summed E-state index contributed by atoms with van der Waals surface area (Å²) in [4.78, 5) is 22.7. The van der Waals surface area contributed by atoms with E-state index in [0.717, 1.165) is 0 Å². The van der Waals surface area contributed by atoms with E-state index in [1.54, 1.807) is 0 Å². The molecule has 0 bridgehead atoms. The van der Waals surface area contributed by atoms with Gasteiger partial charge in [-0.2, -0.15) is 0 Å². The Labute approximate surface area is 98.2 Å². The first-order valence-electron chi connectivity index (χ1n) is 5.81. The van der Waals surface area contributed by atoms with Gasteiger partial charge >= 0.3 is 0 Å². The first-order chi connectivity index (χ1) is 7.23. The first-order valence-corrected chi connectivity index (χ1v) is 5.81. The Morgan fingerprint density at radius 1 is 1.19 bits per heavy atom. The predicted octanol–water partition coefficient (Wildman–Crippen LogP) is 1.45. The molecule has 0 unspecified atom stereocenters. The Kier molecular flexibility index (Phi) is 6.08. The van der Waals surface area contributed by atoms with Gasteiger partial charge in [0.1, 0.15) is 0 Å². The van der Waals surface area contributed by atoms with Crippen LogP contribution in [0.3, 0.4) is 0 Å². The normalized spacial score (nSPS) is 11.4. The summed E-state index contributed by atoms with van der Waals surface area (Å²) in [6, 6.07) is 0.177. The number of hydrogen-bond donors (Lipinski definition) is 2. The summed E-state index contributed by atoms with van der Waals surface area (Å²) in [6.45, 7) is 10.0. The van der Waals surface area contributed by atoms with Crippen LogP contribution in [0, 0.1) is 5.41 Å². The van der Waals surface area contributed by atoms with Gasteiger partial charge in [-0.05, 0) is 20.3 Å². The SMILES string of the molecule is CC(C)NC(=O)CCCNC(=O)C(C)(C)C. The highest BCUT2D eigenvalue weighted by atomic mass is 16.2. The third-order valence-corrected chi connectivity index (χ3v) is 2.00. The molecular formula is C12H24N2O2. The Balaban J connectivity index is 3.62.